The normalized spacial score (nSPS) is 13.4. The fourth-order valence-corrected chi connectivity index (χ4v) is 6.17. The molecule has 0 fully saturated rings. The van der Waals surface area contributed by atoms with Crippen LogP contribution in [0.15, 0.2) is 65.0 Å². The van der Waals surface area contributed by atoms with Crippen LogP contribution in [0.4, 0.5) is 13.2 Å². The average Bonchev–Trinajstić information content (AvgIpc) is 3.47. The van der Waals surface area contributed by atoms with Crippen molar-refractivity contribution in [3.63, 3.8) is 0 Å². The number of aromatic nitrogens is 3. The van der Waals surface area contributed by atoms with Crippen molar-refractivity contribution < 1.29 is 13.2 Å². The van der Waals surface area contributed by atoms with Crippen molar-refractivity contribution in [1.82, 2.24) is 19.4 Å². The molecule has 2 unspecified atom stereocenters. The summed E-state index contributed by atoms with van der Waals surface area (Å²) in [6.45, 7) is 8.60. The van der Waals surface area contributed by atoms with Crippen molar-refractivity contribution in [3.8, 4) is 16.9 Å². The van der Waals surface area contributed by atoms with Gasteiger partial charge in [-0.3, -0.25) is 18.8 Å². The van der Waals surface area contributed by atoms with Crippen molar-refractivity contribution in [3.05, 3.63) is 93.5 Å². The summed E-state index contributed by atoms with van der Waals surface area (Å²) >= 11 is 6.26. The number of benzene rings is 2. The minimum absolute atomic E-state index is 0.0129. The standard InChI is InChI=1S/C36H45ClF3N7O/c1-4-9-33(46(16-7-14-38)17-8-15-43-23(3)41)28-13-12-27(21-31(28)39)47-22-25-20-32(44-35(25)45-36(47)48)29-18-24(19-30(37)34(29)40)10-6-11-26(42)5-2/h5,12-13,18-22,26,33H,2,4,6-11,14-17,42H2,1,3H3,(H2,41,43)(H,44,45,48). The number of hydrogen-bond acceptors (Lipinski definition) is 5. The number of nitrogens with zero attached hydrogens (tertiary/aromatic N) is 4. The van der Waals surface area contributed by atoms with Gasteiger partial charge in [0.05, 0.1) is 28.9 Å². The lowest BCUT2D eigenvalue weighted by Gasteiger charge is -2.32. The molecule has 4 rings (SSSR count). The summed E-state index contributed by atoms with van der Waals surface area (Å²) in [5.41, 5.74) is 13.5. The second-order valence-electron chi connectivity index (χ2n) is 12.1. The van der Waals surface area contributed by atoms with Gasteiger partial charge in [0.15, 0.2) is 5.82 Å². The van der Waals surface area contributed by atoms with E-state index in [1.165, 1.54) is 10.6 Å². The highest BCUT2D eigenvalue weighted by atomic mass is 35.5. The minimum atomic E-state index is -0.626. The van der Waals surface area contributed by atoms with Crippen molar-refractivity contribution in [1.29, 1.82) is 0 Å². The van der Waals surface area contributed by atoms with Crippen molar-refractivity contribution >= 4 is 28.5 Å². The van der Waals surface area contributed by atoms with Gasteiger partial charge < -0.3 is 16.5 Å². The number of alkyl halides is 1. The number of aromatic amines is 1. The molecule has 48 heavy (non-hydrogen) atoms. The van der Waals surface area contributed by atoms with Gasteiger partial charge in [0.2, 0.25) is 0 Å². The van der Waals surface area contributed by atoms with Crippen LogP contribution >= 0.6 is 11.6 Å². The van der Waals surface area contributed by atoms with E-state index >= 15 is 8.78 Å². The zero-order chi connectivity index (χ0) is 34.8. The van der Waals surface area contributed by atoms with Crippen LogP contribution in [0, 0.1) is 11.6 Å². The van der Waals surface area contributed by atoms with Crippen LogP contribution in [0.2, 0.25) is 5.02 Å². The predicted molar refractivity (Wildman–Crippen MR) is 190 cm³/mol. The van der Waals surface area contributed by atoms with E-state index < -0.39 is 24.0 Å². The van der Waals surface area contributed by atoms with Crippen LogP contribution in [-0.2, 0) is 6.42 Å². The van der Waals surface area contributed by atoms with Crippen LogP contribution in [-0.4, -0.2) is 57.6 Å². The molecule has 0 saturated carbocycles. The summed E-state index contributed by atoms with van der Waals surface area (Å²) < 4.78 is 45.6. The molecule has 2 aromatic heterocycles. The van der Waals surface area contributed by atoms with Gasteiger partial charge in [0.1, 0.15) is 11.5 Å². The third kappa shape index (κ3) is 9.36. The lowest BCUT2D eigenvalue weighted by molar-refractivity contribution is 0.174. The molecule has 5 N–H and O–H groups in total. The first-order chi connectivity index (χ1) is 23.1. The average molecular weight is 684 g/mol. The molecule has 12 heteroatoms. The topological polar surface area (TPSA) is 118 Å². The zero-order valence-electron chi connectivity index (χ0n) is 27.6. The first kappa shape index (κ1) is 36.9. The number of nitrogens with two attached hydrogens (primary N) is 2. The largest absolute Gasteiger partial charge is 0.388 e. The molecule has 0 aliphatic rings. The van der Waals surface area contributed by atoms with Crippen molar-refractivity contribution in [2.45, 2.75) is 70.9 Å². The maximum atomic E-state index is 15.9. The lowest BCUT2D eigenvalue weighted by atomic mass is 9.98. The van der Waals surface area contributed by atoms with E-state index in [1.54, 1.807) is 49.5 Å². The van der Waals surface area contributed by atoms with Crippen LogP contribution in [0.3, 0.4) is 0 Å². The summed E-state index contributed by atoms with van der Waals surface area (Å²) in [5.74, 6) is -0.568. The number of halogens is 4. The number of rotatable bonds is 18. The number of nitrogens with one attached hydrogen (secondary N) is 1. The van der Waals surface area contributed by atoms with E-state index in [0.29, 0.717) is 73.5 Å². The fourth-order valence-electron chi connectivity index (χ4n) is 5.93. The maximum absolute atomic E-state index is 15.9. The number of aryl methyl sites for hydroxylation is 1. The molecule has 0 aliphatic carbocycles. The number of amidine groups is 1. The van der Waals surface area contributed by atoms with Crippen molar-refractivity contribution in [2.75, 3.05) is 26.3 Å². The first-order valence-corrected chi connectivity index (χ1v) is 16.8. The molecule has 4 aromatic rings. The summed E-state index contributed by atoms with van der Waals surface area (Å²) in [5, 5.41) is 0.518. The van der Waals surface area contributed by atoms with E-state index in [9.17, 15) is 9.18 Å². The Morgan fingerprint density at radius 1 is 1.17 bits per heavy atom. The molecular formula is C36H45ClF3N7O. The van der Waals surface area contributed by atoms with E-state index in [4.69, 9.17) is 23.1 Å². The summed E-state index contributed by atoms with van der Waals surface area (Å²) in [7, 11) is 0. The Morgan fingerprint density at radius 3 is 2.62 bits per heavy atom. The molecule has 0 amide bonds. The SMILES string of the molecule is C=CC(N)CCCc1cc(Cl)c(F)c(-c2cc3cn(-c4ccc(C(CCC)N(CCCF)CCCN=C(C)N)c(F)c4)c(=O)nc3[nH]2)c1. The molecule has 0 aliphatic heterocycles. The van der Waals surface area contributed by atoms with Gasteiger partial charge in [-0.15, -0.1) is 6.58 Å². The number of hydrogen-bond donors (Lipinski definition) is 3. The highest BCUT2D eigenvalue weighted by Gasteiger charge is 2.23. The Morgan fingerprint density at radius 2 is 1.94 bits per heavy atom. The van der Waals surface area contributed by atoms with E-state index in [2.05, 4.69) is 26.4 Å². The highest BCUT2D eigenvalue weighted by molar-refractivity contribution is 6.31. The Balaban J connectivity index is 1.63. The third-order valence-electron chi connectivity index (χ3n) is 8.36. The quantitative estimate of drug-likeness (QED) is 0.0437. The first-order valence-electron chi connectivity index (χ1n) is 16.4. The Labute approximate surface area is 284 Å². The van der Waals surface area contributed by atoms with Crippen LogP contribution in [0.1, 0.15) is 69.5 Å². The molecule has 0 spiro atoms. The van der Waals surface area contributed by atoms with E-state index in [1.807, 2.05) is 6.92 Å². The van der Waals surface area contributed by atoms with Gasteiger partial charge in [-0.05, 0) is 81.3 Å². The fraction of sp³-hybridized carbons (Fsp3) is 0.417. The minimum Gasteiger partial charge on any atom is -0.388 e. The van der Waals surface area contributed by atoms with Crippen LogP contribution in [0.5, 0.6) is 0 Å². The number of fused-ring (bicyclic) bond motifs is 1. The molecule has 2 heterocycles. The summed E-state index contributed by atoms with van der Waals surface area (Å²) in [6, 6.07) is 9.29. The number of H-pyrrole nitrogens is 1. The molecule has 2 aromatic carbocycles. The van der Waals surface area contributed by atoms with E-state index in [-0.39, 0.29) is 28.3 Å². The Bertz CT molecular complexity index is 1780. The Hall–Kier alpha value is -3.93. The zero-order valence-corrected chi connectivity index (χ0v) is 28.4. The molecular weight excluding hydrogens is 639 g/mol. The predicted octanol–water partition coefficient (Wildman–Crippen LogP) is 7.42. The van der Waals surface area contributed by atoms with Crippen LogP contribution < -0.4 is 17.2 Å². The van der Waals surface area contributed by atoms with Gasteiger partial charge in [0.25, 0.3) is 0 Å². The van der Waals surface area contributed by atoms with Gasteiger partial charge in [-0.2, -0.15) is 4.98 Å². The highest BCUT2D eigenvalue weighted by Crippen LogP contribution is 2.32. The molecule has 2 atom stereocenters. The van der Waals surface area contributed by atoms with Gasteiger partial charge in [0, 0.05) is 54.4 Å². The maximum Gasteiger partial charge on any atom is 0.354 e. The van der Waals surface area contributed by atoms with Gasteiger partial charge in [-0.1, -0.05) is 37.1 Å². The molecule has 0 bridgehead atoms. The monoisotopic (exact) mass is 683 g/mol. The lowest BCUT2D eigenvalue weighted by Crippen LogP contribution is -2.32. The Kier molecular flexibility index (Phi) is 13.4. The van der Waals surface area contributed by atoms with Crippen molar-refractivity contribution in [2.24, 2.45) is 16.5 Å². The van der Waals surface area contributed by atoms with E-state index in [0.717, 1.165) is 24.8 Å². The van der Waals surface area contributed by atoms with Gasteiger partial charge >= 0.3 is 5.69 Å². The molecule has 258 valence electrons. The molecule has 8 nitrogen and oxygen atoms in total. The second kappa shape index (κ2) is 17.5. The summed E-state index contributed by atoms with van der Waals surface area (Å²) in [6.07, 6.45) is 7.91. The molecule has 0 saturated heterocycles. The number of aliphatic imine (C=N–C) groups is 1. The third-order valence-corrected chi connectivity index (χ3v) is 8.63. The molecule has 0 radical (unpaired) electrons. The second-order valence-corrected chi connectivity index (χ2v) is 12.5. The smallest absolute Gasteiger partial charge is 0.354 e. The summed E-state index contributed by atoms with van der Waals surface area (Å²) in [4.78, 5) is 26.7. The van der Waals surface area contributed by atoms with Gasteiger partial charge in [-0.25, -0.2) is 13.6 Å². The van der Waals surface area contributed by atoms with Crippen LogP contribution in [0.25, 0.3) is 28.0 Å².